The molecule has 1 aromatic carbocycles. The summed E-state index contributed by atoms with van der Waals surface area (Å²) in [7, 11) is 3.52. The summed E-state index contributed by atoms with van der Waals surface area (Å²) in [6, 6.07) is 7.01. The fraction of sp³-hybridized carbons (Fsp3) is 0.588. The lowest BCUT2D eigenvalue weighted by Gasteiger charge is -2.31. The van der Waals surface area contributed by atoms with Gasteiger partial charge in [0.15, 0.2) is 0 Å². The van der Waals surface area contributed by atoms with Crippen LogP contribution in [0.15, 0.2) is 24.3 Å². The van der Waals surface area contributed by atoms with Crippen LogP contribution in [-0.2, 0) is 20.9 Å². The first-order valence-electron chi connectivity index (χ1n) is 7.70. The minimum absolute atomic E-state index is 0.490. The lowest BCUT2D eigenvalue weighted by molar-refractivity contribution is -0.143. The quantitative estimate of drug-likeness (QED) is 0.838. The van der Waals surface area contributed by atoms with Crippen LogP contribution in [0.4, 0.5) is 0 Å². The Balaban J connectivity index is 2.10. The van der Waals surface area contributed by atoms with E-state index in [0.717, 1.165) is 43.7 Å². The zero-order valence-corrected chi connectivity index (χ0v) is 13.3. The first kappa shape index (κ1) is 16.9. The number of ether oxygens (including phenoxy) is 2. The van der Waals surface area contributed by atoms with E-state index in [4.69, 9.17) is 9.47 Å². The molecule has 1 heterocycles. The Bertz CT molecular complexity index is 485. The van der Waals surface area contributed by atoms with E-state index in [1.165, 1.54) is 0 Å². The third kappa shape index (κ3) is 4.53. The van der Waals surface area contributed by atoms with Crippen molar-refractivity contribution in [2.75, 3.05) is 33.9 Å². The summed E-state index contributed by atoms with van der Waals surface area (Å²) in [5, 5.41) is 9.65. The van der Waals surface area contributed by atoms with Crippen LogP contribution in [0.1, 0.15) is 30.0 Å². The number of hydrogen-bond acceptors (Lipinski definition) is 4. The van der Waals surface area contributed by atoms with Gasteiger partial charge in [-0.2, -0.15) is 0 Å². The van der Waals surface area contributed by atoms with Crippen molar-refractivity contribution in [2.45, 2.75) is 25.5 Å². The third-order valence-corrected chi connectivity index (χ3v) is 4.14. The van der Waals surface area contributed by atoms with Crippen LogP contribution in [0, 0.1) is 5.92 Å². The molecule has 5 nitrogen and oxygen atoms in total. The van der Waals surface area contributed by atoms with Crippen LogP contribution in [0.5, 0.6) is 0 Å². The molecule has 0 aromatic heterocycles. The molecular formula is C17H25NO4. The molecule has 2 rings (SSSR count). The lowest BCUT2D eigenvalue weighted by Crippen LogP contribution is -2.36. The average molecular weight is 307 g/mol. The summed E-state index contributed by atoms with van der Waals surface area (Å²) in [5.41, 5.74) is 1.79. The Hall–Kier alpha value is -1.43. The van der Waals surface area contributed by atoms with E-state index in [1.807, 2.05) is 36.2 Å². The minimum atomic E-state index is -0.816. The molecule has 0 unspecified atom stereocenters. The Morgan fingerprint density at radius 3 is 2.82 bits per heavy atom. The second-order valence-corrected chi connectivity index (χ2v) is 5.91. The number of benzene rings is 1. The summed E-state index contributed by atoms with van der Waals surface area (Å²) in [6.07, 6.45) is 2.00. The van der Waals surface area contributed by atoms with Gasteiger partial charge in [-0.3, -0.25) is 9.69 Å². The molecule has 1 aromatic rings. The normalized spacial score (nSPS) is 17.6. The number of rotatable bonds is 7. The molecular weight excluding hydrogens is 282 g/mol. The van der Waals surface area contributed by atoms with Gasteiger partial charge >= 0.3 is 5.97 Å². The molecule has 122 valence electrons. The first-order valence-corrected chi connectivity index (χ1v) is 7.70. The van der Waals surface area contributed by atoms with Crippen LogP contribution in [0.25, 0.3) is 0 Å². The van der Waals surface area contributed by atoms with Crippen molar-refractivity contribution < 1.29 is 19.4 Å². The molecule has 0 aliphatic carbocycles. The van der Waals surface area contributed by atoms with Crippen LogP contribution in [0.2, 0.25) is 0 Å². The van der Waals surface area contributed by atoms with Gasteiger partial charge in [0.25, 0.3) is 0 Å². The number of hydrogen-bond donors (Lipinski definition) is 1. The highest BCUT2D eigenvalue weighted by atomic mass is 16.5. The van der Waals surface area contributed by atoms with Gasteiger partial charge in [0.1, 0.15) is 6.04 Å². The maximum absolute atomic E-state index is 11.8. The molecule has 1 aliphatic rings. The summed E-state index contributed by atoms with van der Waals surface area (Å²) >= 11 is 0. The standard InChI is InChI=1S/C17H25NO4/c1-18(11-13-6-8-22-9-7-13)16(17(19)20)15-5-3-4-14(10-15)12-21-2/h3-5,10,13,16H,6-9,11-12H2,1-2H3,(H,19,20)/t16-/m1/s1. The van der Waals surface area contributed by atoms with Gasteiger partial charge in [-0.1, -0.05) is 24.3 Å². The number of carboxylic acid groups (broad SMARTS) is 1. The smallest absolute Gasteiger partial charge is 0.325 e. The number of aliphatic carboxylic acids is 1. The van der Waals surface area contributed by atoms with E-state index in [0.29, 0.717) is 12.5 Å². The van der Waals surface area contributed by atoms with Crippen molar-refractivity contribution in [2.24, 2.45) is 5.92 Å². The zero-order chi connectivity index (χ0) is 15.9. The number of carbonyl (C=O) groups is 1. The zero-order valence-electron chi connectivity index (χ0n) is 13.3. The van der Waals surface area contributed by atoms with Crippen molar-refractivity contribution in [1.29, 1.82) is 0 Å². The summed E-state index contributed by atoms with van der Waals surface area (Å²) in [5.74, 6) is -0.313. The molecule has 5 heteroatoms. The summed E-state index contributed by atoms with van der Waals surface area (Å²) < 4.78 is 10.5. The van der Waals surface area contributed by atoms with Crippen LogP contribution < -0.4 is 0 Å². The maximum Gasteiger partial charge on any atom is 0.325 e. The van der Waals surface area contributed by atoms with Gasteiger partial charge in [0.05, 0.1) is 6.61 Å². The SMILES string of the molecule is COCc1cccc([C@H](C(=O)O)N(C)CC2CCOCC2)c1. The molecule has 0 bridgehead atoms. The van der Waals surface area contributed by atoms with Crippen LogP contribution in [0.3, 0.4) is 0 Å². The van der Waals surface area contributed by atoms with Gasteiger partial charge < -0.3 is 14.6 Å². The average Bonchev–Trinajstić information content (AvgIpc) is 2.48. The predicted molar refractivity (Wildman–Crippen MR) is 83.7 cm³/mol. The van der Waals surface area contributed by atoms with E-state index >= 15 is 0 Å². The molecule has 1 saturated heterocycles. The second-order valence-electron chi connectivity index (χ2n) is 5.91. The van der Waals surface area contributed by atoms with Gasteiger partial charge in [0, 0.05) is 26.9 Å². The van der Waals surface area contributed by atoms with E-state index in [2.05, 4.69) is 0 Å². The molecule has 1 fully saturated rings. The van der Waals surface area contributed by atoms with Gasteiger partial charge in [-0.05, 0) is 36.9 Å². The molecule has 1 N–H and O–H groups in total. The molecule has 0 amide bonds. The second kappa shape index (κ2) is 8.27. The highest BCUT2D eigenvalue weighted by Gasteiger charge is 2.27. The molecule has 1 aliphatic heterocycles. The molecule has 0 spiro atoms. The minimum Gasteiger partial charge on any atom is -0.480 e. The van der Waals surface area contributed by atoms with Crippen molar-refractivity contribution in [3.05, 3.63) is 35.4 Å². The Morgan fingerprint density at radius 1 is 1.45 bits per heavy atom. The van der Waals surface area contributed by atoms with Crippen molar-refractivity contribution in [3.63, 3.8) is 0 Å². The van der Waals surface area contributed by atoms with Crippen molar-refractivity contribution >= 4 is 5.97 Å². The molecule has 0 radical (unpaired) electrons. The largest absolute Gasteiger partial charge is 0.480 e. The number of nitrogens with zero attached hydrogens (tertiary/aromatic N) is 1. The number of carboxylic acids is 1. The Morgan fingerprint density at radius 2 is 2.18 bits per heavy atom. The lowest BCUT2D eigenvalue weighted by atomic mass is 9.97. The van der Waals surface area contributed by atoms with E-state index < -0.39 is 12.0 Å². The third-order valence-electron chi connectivity index (χ3n) is 4.14. The monoisotopic (exact) mass is 307 g/mol. The van der Waals surface area contributed by atoms with Gasteiger partial charge in [-0.25, -0.2) is 0 Å². The fourth-order valence-electron chi connectivity index (χ4n) is 3.05. The van der Waals surface area contributed by atoms with Gasteiger partial charge in [-0.15, -0.1) is 0 Å². The van der Waals surface area contributed by atoms with Crippen LogP contribution in [-0.4, -0.2) is 49.9 Å². The fourth-order valence-corrected chi connectivity index (χ4v) is 3.05. The van der Waals surface area contributed by atoms with E-state index in [1.54, 1.807) is 7.11 Å². The molecule has 22 heavy (non-hydrogen) atoms. The number of methoxy groups -OCH3 is 1. The molecule has 0 saturated carbocycles. The molecule has 1 atom stereocenters. The highest BCUT2D eigenvalue weighted by molar-refractivity contribution is 5.75. The number of likely N-dealkylation sites (N-methyl/N-ethyl adjacent to an activating group) is 1. The highest BCUT2D eigenvalue weighted by Crippen LogP contribution is 2.24. The topological polar surface area (TPSA) is 59.0 Å². The van der Waals surface area contributed by atoms with Crippen molar-refractivity contribution in [3.8, 4) is 0 Å². The van der Waals surface area contributed by atoms with Gasteiger partial charge in [0.2, 0.25) is 0 Å². The first-order chi connectivity index (χ1) is 10.6. The summed E-state index contributed by atoms with van der Waals surface area (Å²) in [4.78, 5) is 13.7. The van der Waals surface area contributed by atoms with E-state index in [9.17, 15) is 9.90 Å². The summed E-state index contributed by atoms with van der Waals surface area (Å²) in [6.45, 7) is 2.82. The Kier molecular flexibility index (Phi) is 6.36. The Labute approximate surface area is 131 Å². The van der Waals surface area contributed by atoms with E-state index in [-0.39, 0.29) is 0 Å². The maximum atomic E-state index is 11.8. The van der Waals surface area contributed by atoms with Crippen LogP contribution >= 0.6 is 0 Å². The predicted octanol–water partition coefficient (Wildman–Crippen LogP) is 2.32. The van der Waals surface area contributed by atoms with Crippen molar-refractivity contribution in [1.82, 2.24) is 4.90 Å².